The van der Waals surface area contributed by atoms with Crippen molar-refractivity contribution in [1.82, 2.24) is 9.80 Å². The molecule has 8 aromatic rings. The van der Waals surface area contributed by atoms with Gasteiger partial charge in [-0.05, 0) is 221 Å². The van der Waals surface area contributed by atoms with Crippen LogP contribution < -0.4 is 18.9 Å². The van der Waals surface area contributed by atoms with Crippen LogP contribution in [0.5, 0.6) is 23.0 Å². The van der Waals surface area contributed by atoms with E-state index in [1.165, 1.54) is 50.7 Å². The molecule has 5 aliphatic rings. The van der Waals surface area contributed by atoms with Crippen molar-refractivity contribution in [2.24, 2.45) is 23.7 Å². The molecule has 0 aliphatic heterocycles. The van der Waals surface area contributed by atoms with Gasteiger partial charge in [-0.15, -0.1) is 6.58 Å². The zero-order chi connectivity index (χ0) is 71.4. The van der Waals surface area contributed by atoms with E-state index in [1.807, 2.05) is 171 Å². The molecule has 0 spiro atoms. The minimum atomic E-state index is -1.05. The number of benzene rings is 8. The second-order valence-corrected chi connectivity index (χ2v) is 29.1. The van der Waals surface area contributed by atoms with Crippen molar-refractivity contribution in [1.29, 1.82) is 0 Å². The number of ether oxygens (including phenoxy) is 4. The minimum Gasteiger partial charge on any atom is -0.493 e. The average Bonchev–Trinajstić information content (AvgIpc) is 1.55. The predicted molar refractivity (Wildman–Crippen MR) is 429 cm³/mol. The summed E-state index contributed by atoms with van der Waals surface area (Å²) in [5.74, 6) is 3.84. The molecule has 0 saturated heterocycles. The first-order valence-corrected chi connectivity index (χ1v) is 37.0. The first-order valence-electron chi connectivity index (χ1n) is 33.8. The Morgan fingerprint density at radius 1 is 0.510 bits per heavy atom. The van der Waals surface area contributed by atoms with Gasteiger partial charge in [0.25, 0.3) is 0 Å². The number of likely N-dealkylation sites (N-methyl/N-ethyl adjacent to an activating group) is 2. The second-order valence-electron chi connectivity index (χ2n) is 25.4. The summed E-state index contributed by atoms with van der Waals surface area (Å²) < 4.78 is 40.4. The van der Waals surface area contributed by atoms with E-state index in [-0.39, 0.29) is 103 Å². The number of carbonyl (C=O) groups is 3. The summed E-state index contributed by atoms with van der Waals surface area (Å²) in [6.45, 7) is 18.4. The Labute approximate surface area is 703 Å². The second kappa shape index (κ2) is 47.8. The Hall–Kier alpha value is -4.87. The van der Waals surface area contributed by atoms with Crippen LogP contribution in [0.3, 0.4) is 0 Å². The van der Waals surface area contributed by atoms with E-state index in [9.17, 15) is 23.9 Å². The molecule has 5 atom stereocenters. The van der Waals surface area contributed by atoms with Crippen LogP contribution in [0.15, 0.2) is 243 Å². The molecule has 17 heteroatoms. The van der Waals surface area contributed by atoms with E-state index in [2.05, 4.69) is 126 Å². The summed E-state index contributed by atoms with van der Waals surface area (Å²) in [5, 5.41) is 10.9. The van der Waals surface area contributed by atoms with Crippen LogP contribution in [0.25, 0.3) is 0 Å². The van der Waals surface area contributed by atoms with Crippen LogP contribution in [0.4, 0.5) is 4.39 Å². The molecule has 0 aromatic heterocycles. The maximum Gasteiger partial charge on any atom is 3.00 e. The Kier molecular flexibility index (Phi) is 42.1. The van der Waals surface area contributed by atoms with Crippen molar-refractivity contribution in [2.75, 3.05) is 60.2 Å². The summed E-state index contributed by atoms with van der Waals surface area (Å²) in [7, 11) is 4.20. The molecule has 1 N–H and O–H groups in total. The van der Waals surface area contributed by atoms with Crippen LogP contribution in [-0.4, -0.2) is 98.5 Å². The third-order valence-electron chi connectivity index (χ3n) is 16.6. The molecular weight excluding hydrogens is 1720 g/mol. The van der Waals surface area contributed by atoms with Gasteiger partial charge in [0.15, 0.2) is 28.9 Å². The number of aliphatic hydroxyl groups is 1. The monoisotopic (exact) mass is 1810 g/mol. The summed E-state index contributed by atoms with van der Waals surface area (Å²) >= 11 is 13.5. The van der Waals surface area contributed by atoms with Crippen molar-refractivity contribution >= 4 is 81.1 Å². The smallest absolute Gasteiger partial charge is 0.493 e. The molecule has 104 heavy (non-hydrogen) atoms. The summed E-state index contributed by atoms with van der Waals surface area (Å²) in [4.78, 5) is 41.6. The van der Waals surface area contributed by atoms with Crippen molar-refractivity contribution in [2.45, 2.75) is 69.9 Å². The quantitative estimate of drug-likeness (QED) is 0.0303. The van der Waals surface area contributed by atoms with Crippen molar-refractivity contribution in [3.8, 4) is 23.0 Å². The van der Waals surface area contributed by atoms with Gasteiger partial charge in [0.1, 0.15) is 36.1 Å². The van der Waals surface area contributed by atoms with Gasteiger partial charge in [0, 0.05) is 76.9 Å². The number of halogens is 5. The molecule has 10 nitrogen and oxygen atoms in total. The zero-order valence-electron chi connectivity index (χ0n) is 60.3. The molecule has 13 rings (SSSR count). The maximum atomic E-state index is 14.1. The van der Waals surface area contributed by atoms with Crippen LogP contribution in [0, 0.1) is 71.0 Å². The Bertz CT molecular complexity index is 3900. The zero-order valence-corrected chi connectivity index (χ0v) is 72.3. The van der Waals surface area contributed by atoms with E-state index in [1.54, 1.807) is 37.3 Å². The van der Waals surface area contributed by atoms with Gasteiger partial charge >= 0.3 is 65.4 Å². The van der Waals surface area contributed by atoms with Gasteiger partial charge in [-0.2, -0.15) is 11.8 Å². The van der Waals surface area contributed by atoms with Crippen LogP contribution in [0.2, 0.25) is 0 Å². The number of rotatable bonds is 27. The van der Waals surface area contributed by atoms with Crippen molar-refractivity contribution in [3.63, 3.8) is 0 Å². The maximum absolute atomic E-state index is 14.1. The molecule has 5 saturated carbocycles. The predicted octanol–water partition coefficient (Wildman–Crippen LogP) is 21.5. The van der Waals surface area contributed by atoms with E-state index in [4.69, 9.17) is 18.9 Å². The van der Waals surface area contributed by atoms with Gasteiger partial charge in [-0.3, -0.25) is 24.2 Å². The summed E-state index contributed by atoms with van der Waals surface area (Å²) in [6.07, 6.45) is 25.0. The van der Waals surface area contributed by atoms with Crippen LogP contribution in [0.1, 0.15) is 117 Å². The Morgan fingerprint density at radius 2 is 0.827 bits per heavy atom. The van der Waals surface area contributed by atoms with E-state index in [0.717, 1.165) is 84.8 Å². The van der Waals surface area contributed by atoms with Crippen LogP contribution in [-0.2, 0) is 71.0 Å². The third-order valence-corrected chi connectivity index (χ3v) is 18.8. The summed E-state index contributed by atoms with van der Waals surface area (Å²) in [5.41, 5.74) is 4.17. The fourth-order valence-electron chi connectivity index (χ4n) is 9.59. The van der Waals surface area contributed by atoms with E-state index >= 15 is 0 Å². The fraction of sp³-hybridized carbons (Fsp3) is 0.276. The molecule has 5 aliphatic carbocycles. The number of hydrogen-bond acceptors (Lipinski definition) is 10. The topological polar surface area (TPSA) is 115 Å². The van der Waals surface area contributed by atoms with E-state index < -0.39 is 11.4 Å². The Morgan fingerprint density at radius 3 is 1.18 bits per heavy atom. The van der Waals surface area contributed by atoms with Gasteiger partial charge in [0.05, 0.1) is 13.2 Å². The molecule has 5 fully saturated rings. The summed E-state index contributed by atoms with van der Waals surface area (Å²) in [6, 6.07) is 56.8. The van der Waals surface area contributed by atoms with Gasteiger partial charge in [-0.25, -0.2) is 30.1 Å². The number of carbonyl (C=O) groups excluding carboxylic acids is 3. The normalized spacial score (nSPS) is 16.5. The van der Waals surface area contributed by atoms with Crippen molar-refractivity contribution in [3.05, 3.63) is 335 Å². The van der Waals surface area contributed by atoms with Crippen molar-refractivity contribution < 1.29 is 108 Å². The molecule has 1 unspecified atom stereocenters. The Balaban J connectivity index is 0.000000282. The largest absolute Gasteiger partial charge is 3.00 e. The standard InChI is InChI=1S/C22H26BrNO2.C21H22BrNO2.C18H15BrFO2.C18H16BrO2.2C3H5.2CH3.2Y/c1-4-15-24(3)16-5-6-17-26-21-13-9-19(10-14-21)22(2,25)18-7-11-20(23)12-8-18;1-23(19-10-11-19)14-2-3-15-25-20-12-6-17(7-13-20)21(24)16-4-8-18(22)9-5-16;1-11-8-14(11)10-22-17-7-4-13(9-16(17)20)18(21)12-2-5-15(19)6-3-12;1-12-10-15(12)11-21-17-8-4-14(5-9-17)18(20)13-2-6-16(19)7-3-13;2*1-2-3-1;;;;/h4-14,25H,1,15-17H2,2-3H3;2-9,12-13,19H,10-11,14-15H2,1H3;2-7,9,11,14H,1,8,10H2;2-9,12,15H,1,10-11H2;2*1H,2-3H2;2*1H3;;/q;;6*-1;2*+3/b6-5+;3-2+;;;;;;;;/t;;11-,14+;12-,15+;;;;;;/m..10....../s1. The first kappa shape index (κ1) is 91.5. The first-order chi connectivity index (χ1) is 48.2. The van der Waals surface area contributed by atoms with E-state index in [0.29, 0.717) is 83.5 Å². The molecule has 0 heterocycles. The molecule has 542 valence electrons. The van der Waals surface area contributed by atoms with Gasteiger partial charge in [0.2, 0.25) is 0 Å². The SMILES string of the molecule is C=CCN(C)C/C=C/COc1ccc(C(C)(O)c2ccc(Br)cc2)cc1.CN(C/C=C/COc1ccc(C(=O)c2ccc(Br)cc2)cc1)C1CC1.[CH-]1CC1.[CH-]1CC1.[CH2-][C@@H]1C[C@H]1COc1ccc(C(=O)c2ccc(Br)cc2)cc1F.[CH2-][C@H]1C[C@@H]1COc1ccc(C(=O)c2ccc(Br)cc2)cc1.[CH3-].[CH3-].[Y+3].[Y+3]. The number of nitrogens with zero attached hydrogens (tertiary/aromatic N) is 2. The molecule has 8 aromatic carbocycles. The third kappa shape index (κ3) is 33.3. The van der Waals surface area contributed by atoms with Gasteiger partial charge in [-0.1, -0.05) is 131 Å². The fourth-order valence-corrected chi connectivity index (χ4v) is 10.7. The molecule has 0 bridgehead atoms. The van der Waals surface area contributed by atoms with Crippen LogP contribution >= 0.6 is 63.7 Å². The molecular formula is C87H95Br4FN2O8Y2. The molecule has 0 amide bonds. The average molecular weight is 1810 g/mol. The van der Waals surface area contributed by atoms with Gasteiger partial charge < -0.3 is 65.6 Å². The molecule has 0 radical (unpaired) electrons. The number of hydrogen-bond donors (Lipinski definition) is 1. The number of ketones is 3. The minimum absolute atomic E-state index is 0.